The summed E-state index contributed by atoms with van der Waals surface area (Å²) in [6.45, 7) is 7.19. The predicted molar refractivity (Wildman–Crippen MR) is 60.9 cm³/mol. The van der Waals surface area contributed by atoms with Crippen LogP contribution in [-0.2, 0) is 9.53 Å². The van der Waals surface area contributed by atoms with Crippen molar-refractivity contribution >= 4 is 5.91 Å². The summed E-state index contributed by atoms with van der Waals surface area (Å²) in [7, 11) is 0. The summed E-state index contributed by atoms with van der Waals surface area (Å²) in [4.78, 5) is 12.7. The van der Waals surface area contributed by atoms with Gasteiger partial charge in [-0.05, 0) is 12.5 Å². The zero-order chi connectivity index (χ0) is 13.8. The van der Waals surface area contributed by atoms with E-state index < -0.39 is 18.4 Å². The van der Waals surface area contributed by atoms with E-state index in [1.165, 1.54) is 11.0 Å². The maximum absolute atomic E-state index is 12.6. The normalized spacial score (nSPS) is 21.7. The molecule has 0 aliphatic carbocycles. The molecule has 102 valence electrons. The van der Waals surface area contributed by atoms with Gasteiger partial charge >= 0.3 is 6.18 Å². The molecule has 0 N–H and O–H groups in total. The lowest BCUT2D eigenvalue weighted by molar-refractivity contribution is -0.230. The third-order valence-electron chi connectivity index (χ3n) is 2.73. The van der Waals surface area contributed by atoms with Crippen LogP contribution in [0.2, 0.25) is 0 Å². The highest BCUT2D eigenvalue weighted by atomic mass is 19.4. The molecule has 0 bridgehead atoms. The number of hydrogen-bond donors (Lipinski definition) is 0. The molecule has 3 nitrogen and oxygen atoms in total. The standard InChI is InChI=1S/C12H16F3NO2/c1-3-5-10(12(13,14)15)18-9-6-7-16(8-9)11(17)4-2/h3-4,9-10H,1-2,5-8H2/t9-,10?/m0/s1. The average molecular weight is 263 g/mol. The molecule has 0 saturated carbocycles. The van der Waals surface area contributed by atoms with Gasteiger partial charge in [-0.25, -0.2) is 0 Å². The van der Waals surface area contributed by atoms with Gasteiger partial charge in [0, 0.05) is 19.5 Å². The van der Waals surface area contributed by atoms with Gasteiger partial charge < -0.3 is 9.64 Å². The van der Waals surface area contributed by atoms with Crippen molar-refractivity contribution in [2.75, 3.05) is 13.1 Å². The second kappa shape index (κ2) is 6.04. The Hall–Kier alpha value is -1.30. The summed E-state index contributed by atoms with van der Waals surface area (Å²) in [5, 5.41) is 0. The number of amides is 1. The average Bonchev–Trinajstić information content (AvgIpc) is 2.75. The molecule has 18 heavy (non-hydrogen) atoms. The van der Waals surface area contributed by atoms with Crippen molar-refractivity contribution in [1.82, 2.24) is 4.90 Å². The minimum Gasteiger partial charge on any atom is -0.363 e. The zero-order valence-electron chi connectivity index (χ0n) is 9.95. The van der Waals surface area contributed by atoms with Crippen LogP contribution < -0.4 is 0 Å². The Morgan fingerprint density at radius 1 is 1.50 bits per heavy atom. The van der Waals surface area contributed by atoms with E-state index in [1.54, 1.807) is 0 Å². The minimum atomic E-state index is -4.41. The fraction of sp³-hybridized carbons (Fsp3) is 0.583. The van der Waals surface area contributed by atoms with E-state index in [9.17, 15) is 18.0 Å². The second-order valence-corrected chi connectivity index (χ2v) is 4.09. The van der Waals surface area contributed by atoms with E-state index in [0.717, 1.165) is 6.08 Å². The first kappa shape index (κ1) is 14.8. The van der Waals surface area contributed by atoms with Crippen molar-refractivity contribution in [2.45, 2.75) is 31.2 Å². The van der Waals surface area contributed by atoms with Crippen LogP contribution in [0.3, 0.4) is 0 Å². The number of rotatable bonds is 5. The van der Waals surface area contributed by atoms with Crippen molar-refractivity contribution in [3.8, 4) is 0 Å². The van der Waals surface area contributed by atoms with Gasteiger partial charge in [-0.15, -0.1) is 6.58 Å². The molecule has 0 aromatic heterocycles. The predicted octanol–water partition coefficient (Wildman–Crippen LogP) is 2.30. The highest BCUT2D eigenvalue weighted by molar-refractivity contribution is 5.87. The van der Waals surface area contributed by atoms with E-state index >= 15 is 0 Å². The molecule has 1 unspecified atom stereocenters. The lowest BCUT2D eigenvalue weighted by Crippen LogP contribution is -2.36. The Kier molecular flexibility index (Phi) is 4.95. The lowest BCUT2D eigenvalue weighted by atomic mass is 10.2. The molecule has 0 aromatic rings. The first-order valence-corrected chi connectivity index (χ1v) is 5.63. The number of carbonyl (C=O) groups is 1. The van der Waals surface area contributed by atoms with Crippen LogP contribution in [0.25, 0.3) is 0 Å². The molecular weight excluding hydrogens is 247 g/mol. The molecule has 0 aromatic carbocycles. The number of likely N-dealkylation sites (tertiary alicyclic amines) is 1. The molecule has 1 aliphatic rings. The third-order valence-corrected chi connectivity index (χ3v) is 2.73. The Morgan fingerprint density at radius 2 is 2.17 bits per heavy atom. The smallest absolute Gasteiger partial charge is 0.363 e. The van der Waals surface area contributed by atoms with E-state index in [-0.39, 0.29) is 18.9 Å². The van der Waals surface area contributed by atoms with Crippen LogP contribution in [-0.4, -0.2) is 42.3 Å². The fourth-order valence-electron chi connectivity index (χ4n) is 1.82. The molecular formula is C12H16F3NO2. The van der Waals surface area contributed by atoms with E-state index in [4.69, 9.17) is 4.74 Å². The molecule has 6 heteroatoms. The third kappa shape index (κ3) is 3.87. The van der Waals surface area contributed by atoms with Crippen LogP contribution in [0.4, 0.5) is 13.2 Å². The topological polar surface area (TPSA) is 29.5 Å². The van der Waals surface area contributed by atoms with Gasteiger partial charge in [-0.3, -0.25) is 4.79 Å². The summed E-state index contributed by atoms with van der Waals surface area (Å²) in [5.74, 6) is -0.284. The van der Waals surface area contributed by atoms with Crippen molar-refractivity contribution < 1.29 is 22.7 Å². The Labute approximate surface area is 104 Å². The quantitative estimate of drug-likeness (QED) is 0.562. The van der Waals surface area contributed by atoms with E-state index in [0.29, 0.717) is 13.0 Å². The molecule has 0 radical (unpaired) electrons. The zero-order valence-corrected chi connectivity index (χ0v) is 9.95. The highest BCUT2D eigenvalue weighted by Crippen LogP contribution is 2.28. The van der Waals surface area contributed by atoms with Gasteiger partial charge in [-0.2, -0.15) is 13.2 Å². The molecule has 0 spiro atoms. The van der Waals surface area contributed by atoms with Gasteiger partial charge in [-0.1, -0.05) is 12.7 Å². The molecule has 1 fully saturated rings. The SMILES string of the molecule is C=CCC(O[C@H]1CCN(C(=O)C=C)C1)C(F)(F)F. The van der Waals surface area contributed by atoms with Gasteiger partial charge in [0.1, 0.15) is 0 Å². The number of hydrogen-bond acceptors (Lipinski definition) is 2. The summed E-state index contributed by atoms with van der Waals surface area (Å²) >= 11 is 0. The van der Waals surface area contributed by atoms with Crippen LogP contribution in [0, 0.1) is 0 Å². The van der Waals surface area contributed by atoms with E-state index in [2.05, 4.69) is 13.2 Å². The van der Waals surface area contributed by atoms with Crippen molar-refractivity contribution in [1.29, 1.82) is 0 Å². The Morgan fingerprint density at radius 3 is 2.67 bits per heavy atom. The monoisotopic (exact) mass is 263 g/mol. The summed E-state index contributed by atoms with van der Waals surface area (Å²) in [6.07, 6.45) is -4.39. The lowest BCUT2D eigenvalue weighted by Gasteiger charge is -2.23. The highest BCUT2D eigenvalue weighted by Gasteiger charge is 2.42. The van der Waals surface area contributed by atoms with Gasteiger partial charge in [0.2, 0.25) is 5.91 Å². The van der Waals surface area contributed by atoms with Gasteiger partial charge in [0.15, 0.2) is 6.10 Å². The first-order valence-electron chi connectivity index (χ1n) is 5.63. The number of halogens is 3. The Balaban J connectivity index is 2.54. The van der Waals surface area contributed by atoms with Crippen LogP contribution in [0.15, 0.2) is 25.3 Å². The summed E-state index contributed by atoms with van der Waals surface area (Å²) in [5.41, 5.74) is 0. The molecule has 1 aliphatic heterocycles. The minimum absolute atomic E-state index is 0.175. The van der Waals surface area contributed by atoms with Crippen molar-refractivity contribution in [2.24, 2.45) is 0 Å². The molecule has 1 saturated heterocycles. The number of nitrogens with zero attached hydrogens (tertiary/aromatic N) is 1. The molecule has 2 atom stereocenters. The maximum Gasteiger partial charge on any atom is 0.414 e. The fourth-order valence-corrected chi connectivity index (χ4v) is 1.82. The summed E-state index contributed by atoms with van der Waals surface area (Å²) in [6, 6.07) is 0. The number of ether oxygens (including phenoxy) is 1. The summed E-state index contributed by atoms with van der Waals surface area (Å²) < 4.78 is 42.9. The largest absolute Gasteiger partial charge is 0.414 e. The second-order valence-electron chi connectivity index (χ2n) is 4.09. The van der Waals surface area contributed by atoms with Crippen molar-refractivity contribution in [3.63, 3.8) is 0 Å². The molecule has 1 amide bonds. The maximum atomic E-state index is 12.6. The van der Waals surface area contributed by atoms with Gasteiger partial charge in [0.25, 0.3) is 0 Å². The Bertz CT molecular complexity index is 328. The van der Waals surface area contributed by atoms with Gasteiger partial charge in [0.05, 0.1) is 6.10 Å². The van der Waals surface area contributed by atoms with Crippen LogP contribution >= 0.6 is 0 Å². The molecule has 1 heterocycles. The van der Waals surface area contributed by atoms with Crippen LogP contribution in [0.5, 0.6) is 0 Å². The first-order chi connectivity index (χ1) is 8.38. The number of alkyl halides is 3. The van der Waals surface area contributed by atoms with Crippen LogP contribution in [0.1, 0.15) is 12.8 Å². The number of carbonyl (C=O) groups excluding carboxylic acids is 1. The molecule has 1 rings (SSSR count). The van der Waals surface area contributed by atoms with Crippen molar-refractivity contribution in [3.05, 3.63) is 25.3 Å². The van der Waals surface area contributed by atoms with E-state index in [1.807, 2.05) is 0 Å².